The first kappa shape index (κ1) is 28.6. The van der Waals surface area contributed by atoms with Gasteiger partial charge in [0.2, 0.25) is 0 Å². The number of Topliss-reactive ketones (excluding diaryl/α,β-unsaturated/α-hetero) is 1. The van der Waals surface area contributed by atoms with Gasteiger partial charge in [0.25, 0.3) is 0 Å². The lowest BCUT2D eigenvalue weighted by Crippen LogP contribution is -2.27. The van der Waals surface area contributed by atoms with E-state index in [1.165, 1.54) is 0 Å². The summed E-state index contributed by atoms with van der Waals surface area (Å²) < 4.78 is 29.0. The number of aliphatic carboxylic acids is 1. The normalized spacial score (nSPS) is 12.4. The fraction of sp³-hybridized carbons (Fsp3) is 0.500. The van der Waals surface area contributed by atoms with Gasteiger partial charge in [-0.2, -0.15) is 8.42 Å². The highest BCUT2D eigenvalue weighted by molar-refractivity contribution is 7.87. The van der Waals surface area contributed by atoms with Crippen molar-refractivity contribution in [1.82, 2.24) is 0 Å². The van der Waals surface area contributed by atoms with Crippen LogP contribution in [-0.4, -0.2) is 31.0 Å². The number of carboxylic acid groups (broad SMARTS) is 1. The minimum Gasteiger partial charge on any atom is -0.480 e. The van der Waals surface area contributed by atoms with Gasteiger partial charge in [0.05, 0.1) is 0 Å². The lowest BCUT2D eigenvalue weighted by Gasteiger charge is -2.34. The Morgan fingerprint density at radius 1 is 0.914 bits per heavy atom. The van der Waals surface area contributed by atoms with E-state index >= 15 is 0 Å². The maximum Gasteiger partial charge on any atom is 0.322 e. The quantitative estimate of drug-likeness (QED) is 0.393. The Hall–Kier alpha value is -2.67. The van der Waals surface area contributed by atoms with Crippen LogP contribution in [-0.2, 0) is 31.5 Å². The van der Waals surface area contributed by atoms with Gasteiger partial charge in [-0.25, -0.2) is 0 Å². The summed E-state index contributed by atoms with van der Waals surface area (Å²) >= 11 is 0. The summed E-state index contributed by atoms with van der Waals surface area (Å²) in [7, 11) is -4.22. The number of carboxylic acids is 1. The van der Waals surface area contributed by atoms with Gasteiger partial charge >= 0.3 is 16.1 Å². The molecule has 0 atom stereocenters. The van der Waals surface area contributed by atoms with Crippen molar-refractivity contribution in [2.75, 3.05) is 5.75 Å². The summed E-state index contributed by atoms with van der Waals surface area (Å²) in [6, 6.07) is 11.8. The number of carbonyl (C=O) groups is 2. The van der Waals surface area contributed by atoms with E-state index in [0.717, 1.165) is 35.1 Å². The van der Waals surface area contributed by atoms with Crippen molar-refractivity contribution in [3.8, 4) is 5.75 Å². The number of carbonyl (C=O) groups excluding carboxylic acids is 1. The molecule has 0 saturated carbocycles. The molecule has 0 fully saturated rings. The molecule has 0 radical (unpaired) electrons. The Balaban J connectivity index is 2.38. The Kier molecular flexibility index (Phi) is 8.93. The SMILES string of the molecule is CCC(CC)(c1ccc(CCC(=O)C(C)(C)C)c(C)c1)c1ccc(OS(=O)(=O)CC(=O)O)c(C)c1. The molecule has 0 spiro atoms. The molecule has 2 aromatic rings. The third-order valence-electron chi connectivity index (χ3n) is 6.80. The molecule has 1 N–H and O–H groups in total. The molecule has 0 aliphatic rings. The second-order valence-corrected chi connectivity index (χ2v) is 11.8. The number of aryl methyl sites for hydroxylation is 3. The Morgan fingerprint density at radius 3 is 1.91 bits per heavy atom. The van der Waals surface area contributed by atoms with Gasteiger partial charge in [-0.3, -0.25) is 9.59 Å². The molecule has 6 nitrogen and oxygen atoms in total. The number of benzene rings is 2. The molecule has 2 aromatic carbocycles. The number of hydrogen-bond acceptors (Lipinski definition) is 5. The third kappa shape index (κ3) is 6.94. The van der Waals surface area contributed by atoms with Crippen molar-refractivity contribution >= 4 is 21.9 Å². The van der Waals surface area contributed by atoms with Crippen molar-refractivity contribution in [2.24, 2.45) is 5.41 Å². The van der Waals surface area contributed by atoms with E-state index < -0.39 is 21.8 Å². The Morgan fingerprint density at radius 2 is 1.46 bits per heavy atom. The summed E-state index contributed by atoms with van der Waals surface area (Å²) in [6.07, 6.45) is 2.90. The van der Waals surface area contributed by atoms with E-state index in [1.54, 1.807) is 13.0 Å². The van der Waals surface area contributed by atoms with Crippen LogP contribution >= 0.6 is 0 Å². The molecule has 0 saturated heterocycles. The summed E-state index contributed by atoms with van der Waals surface area (Å²) in [5, 5.41) is 8.80. The van der Waals surface area contributed by atoms with Gasteiger partial charge in [0, 0.05) is 17.3 Å². The highest BCUT2D eigenvalue weighted by Crippen LogP contribution is 2.41. The molecule has 0 aromatic heterocycles. The van der Waals surface area contributed by atoms with Gasteiger partial charge in [0.1, 0.15) is 11.5 Å². The first-order valence-electron chi connectivity index (χ1n) is 12.0. The molecule has 0 bridgehead atoms. The van der Waals surface area contributed by atoms with Crippen LogP contribution in [0.2, 0.25) is 0 Å². The molecule has 2 rings (SSSR count). The van der Waals surface area contributed by atoms with Crippen molar-refractivity contribution in [3.63, 3.8) is 0 Å². The summed E-state index contributed by atoms with van der Waals surface area (Å²) in [5.74, 6) is -2.17. The van der Waals surface area contributed by atoms with E-state index in [9.17, 15) is 18.0 Å². The molecule has 7 heteroatoms. The molecule has 0 unspecified atom stereocenters. The van der Waals surface area contributed by atoms with Crippen LogP contribution in [0.25, 0.3) is 0 Å². The first-order chi connectivity index (χ1) is 16.1. The summed E-state index contributed by atoms with van der Waals surface area (Å²) in [6.45, 7) is 13.9. The fourth-order valence-corrected chi connectivity index (χ4v) is 5.31. The monoisotopic (exact) mass is 502 g/mol. The second kappa shape index (κ2) is 10.9. The predicted molar refractivity (Wildman–Crippen MR) is 139 cm³/mol. The van der Waals surface area contributed by atoms with Crippen molar-refractivity contribution in [1.29, 1.82) is 0 Å². The van der Waals surface area contributed by atoms with Crippen LogP contribution in [0.1, 0.15) is 81.7 Å². The van der Waals surface area contributed by atoms with Crippen molar-refractivity contribution < 1.29 is 27.3 Å². The third-order valence-corrected chi connectivity index (χ3v) is 7.84. The first-order valence-corrected chi connectivity index (χ1v) is 13.6. The lowest BCUT2D eigenvalue weighted by atomic mass is 9.69. The van der Waals surface area contributed by atoms with E-state index in [4.69, 9.17) is 9.29 Å². The van der Waals surface area contributed by atoms with Crippen LogP contribution in [0.3, 0.4) is 0 Å². The molecule has 0 aliphatic carbocycles. The Bertz CT molecular complexity index is 1180. The molecule has 0 amide bonds. The highest BCUT2D eigenvalue weighted by Gasteiger charge is 2.32. The van der Waals surface area contributed by atoms with Crippen LogP contribution in [0.5, 0.6) is 5.75 Å². The van der Waals surface area contributed by atoms with Crippen LogP contribution in [0.15, 0.2) is 36.4 Å². The second-order valence-electron chi connectivity index (χ2n) is 10.3. The van der Waals surface area contributed by atoms with Crippen molar-refractivity contribution in [2.45, 2.75) is 79.6 Å². The number of rotatable bonds is 11. The zero-order valence-electron chi connectivity index (χ0n) is 21.9. The van der Waals surface area contributed by atoms with Crippen LogP contribution in [0.4, 0.5) is 0 Å². The highest BCUT2D eigenvalue weighted by atomic mass is 32.2. The van der Waals surface area contributed by atoms with E-state index in [-0.39, 0.29) is 22.4 Å². The minimum atomic E-state index is -4.22. The fourth-order valence-electron chi connectivity index (χ4n) is 4.49. The zero-order chi connectivity index (χ0) is 26.6. The Labute approximate surface area is 209 Å². The standard InChI is InChI=1S/C28H38O6S/c1-8-28(9-2,22-12-10-21(19(3)16-22)11-15-25(29)27(5,6)7)23-13-14-24(20(4)17-23)34-35(32,33)18-26(30)31/h10,12-14,16-17H,8-9,11,15,18H2,1-7H3,(H,30,31). The minimum absolute atomic E-state index is 0.131. The van der Waals surface area contributed by atoms with Gasteiger partial charge in [-0.15, -0.1) is 0 Å². The molecular formula is C28H38O6S. The van der Waals surface area contributed by atoms with Crippen LogP contribution in [0, 0.1) is 19.3 Å². The summed E-state index contributed by atoms with van der Waals surface area (Å²) in [5.41, 5.74) is 4.51. The lowest BCUT2D eigenvalue weighted by molar-refractivity contribution is -0.134. The van der Waals surface area contributed by atoms with E-state index in [1.807, 2.05) is 32.9 Å². The van der Waals surface area contributed by atoms with Gasteiger partial charge in [-0.1, -0.05) is 65.0 Å². The van der Waals surface area contributed by atoms with Gasteiger partial charge < -0.3 is 9.29 Å². The van der Waals surface area contributed by atoms with Crippen molar-refractivity contribution in [3.05, 3.63) is 64.2 Å². The van der Waals surface area contributed by atoms with Gasteiger partial charge in [0.15, 0.2) is 5.75 Å². The van der Waals surface area contributed by atoms with E-state index in [2.05, 4.69) is 39.0 Å². The molecule has 0 heterocycles. The smallest absolute Gasteiger partial charge is 0.322 e. The largest absolute Gasteiger partial charge is 0.480 e. The van der Waals surface area contributed by atoms with Crippen LogP contribution < -0.4 is 4.18 Å². The van der Waals surface area contributed by atoms with Gasteiger partial charge in [-0.05, 0) is 67.0 Å². The maximum atomic E-state index is 12.4. The summed E-state index contributed by atoms with van der Waals surface area (Å²) in [4.78, 5) is 23.2. The predicted octanol–water partition coefficient (Wildman–Crippen LogP) is 5.75. The maximum absolute atomic E-state index is 12.4. The molecule has 35 heavy (non-hydrogen) atoms. The molecular weight excluding hydrogens is 464 g/mol. The topological polar surface area (TPSA) is 97.7 Å². The average molecular weight is 503 g/mol. The molecule has 192 valence electrons. The average Bonchev–Trinajstić information content (AvgIpc) is 2.74. The van der Waals surface area contributed by atoms with E-state index in [0.29, 0.717) is 18.4 Å². The number of hydrogen-bond donors (Lipinski definition) is 1. The molecule has 0 aliphatic heterocycles. The zero-order valence-corrected chi connectivity index (χ0v) is 22.7. The number of ketones is 1.